The average molecular weight is 508 g/mol. The lowest BCUT2D eigenvalue weighted by Crippen LogP contribution is -2.43. The number of para-hydroxylation sites is 1. The van der Waals surface area contributed by atoms with Gasteiger partial charge in [-0.25, -0.2) is 4.99 Å². The third kappa shape index (κ3) is 4.42. The first kappa shape index (κ1) is 25.2. The molecule has 1 aliphatic rings. The Bertz CT molecular complexity index is 1510. The summed E-state index contributed by atoms with van der Waals surface area (Å²) in [4.78, 5) is 34.4. The van der Waals surface area contributed by atoms with Crippen molar-refractivity contribution in [3.05, 3.63) is 84.5 Å². The van der Waals surface area contributed by atoms with Gasteiger partial charge in [0.2, 0.25) is 0 Å². The monoisotopic (exact) mass is 507 g/mol. The van der Waals surface area contributed by atoms with Crippen LogP contribution in [0.4, 0.5) is 0 Å². The van der Waals surface area contributed by atoms with E-state index >= 15 is 0 Å². The van der Waals surface area contributed by atoms with Crippen LogP contribution < -0.4 is 24.4 Å². The number of thiazole rings is 1. The quantitative estimate of drug-likeness (QED) is 0.531. The molecule has 3 aromatic rings. The van der Waals surface area contributed by atoms with Crippen LogP contribution in [0, 0.1) is 0 Å². The minimum absolute atomic E-state index is 0.0196. The van der Waals surface area contributed by atoms with Gasteiger partial charge in [-0.05, 0) is 50.6 Å². The number of likely N-dealkylation sites (N-methyl/N-ethyl adjacent to an activating group) is 1. The van der Waals surface area contributed by atoms with Gasteiger partial charge in [0.05, 0.1) is 30.0 Å². The SMILES string of the molecule is CCN(CC)C(=O)C1=C(C)N=c2s/c(=C/c3ccc(OC)c(O)c3)c(=O)n2[C@H]1c1ccccc1OC. The van der Waals surface area contributed by atoms with Crippen LogP contribution in [0.5, 0.6) is 17.2 Å². The number of aromatic nitrogens is 1. The molecule has 1 aromatic heterocycles. The highest BCUT2D eigenvalue weighted by atomic mass is 32.1. The van der Waals surface area contributed by atoms with Gasteiger partial charge >= 0.3 is 0 Å². The largest absolute Gasteiger partial charge is 0.504 e. The van der Waals surface area contributed by atoms with Crippen molar-refractivity contribution in [2.24, 2.45) is 4.99 Å². The number of benzene rings is 2. The first-order valence-corrected chi connectivity index (χ1v) is 12.5. The van der Waals surface area contributed by atoms with Crippen LogP contribution in [0.15, 0.2) is 63.5 Å². The lowest BCUT2D eigenvalue weighted by atomic mass is 9.94. The fraction of sp³-hybridized carbons (Fsp3) is 0.296. The number of amides is 1. The summed E-state index contributed by atoms with van der Waals surface area (Å²) in [5.41, 5.74) is 2.09. The zero-order chi connectivity index (χ0) is 26.0. The highest BCUT2D eigenvalue weighted by molar-refractivity contribution is 7.07. The Morgan fingerprint density at radius 2 is 1.83 bits per heavy atom. The number of carbonyl (C=O) groups excluding carboxylic acids is 1. The van der Waals surface area contributed by atoms with Gasteiger partial charge < -0.3 is 19.5 Å². The molecule has 0 fully saturated rings. The highest BCUT2D eigenvalue weighted by Crippen LogP contribution is 2.36. The zero-order valence-corrected chi connectivity index (χ0v) is 21.8. The van der Waals surface area contributed by atoms with Gasteiger partial charge in [-0.3, -0.25) is 14.2 Å². The van der Waals surface area contributed by atoms with Crippen molar-refractivity contribution in [2.75, 3.05) is 27.3 Å². The first-order valence-electron chi connectivity index (χ1n) is 11.7. The fourth-order valence-corrected chi connectivity index (χ4v) is 5.46. The number of phenols is 1. The molecule has 0 radical (unpaired) electrons. The smallest absolute Gasteiger partial charge is 0.271 e. The summed E-state index contributed by atoms with van der Waals surface area (Å²) in [5, 5.41) is 10.2. The summed E-state index contributed by atoms with van der Waals surface area (Å²) in [6.45, 7) is 6.73. The van der Waals surface area contributed by atoms with Crippen molar-refractivity contribution in [1.82, 2.24) is 9.47 Å². The van der Waals surface area contributed by atoms with Crippen molar-refractivity contribution >= 4 is 23.3 Å². The summed E-state index contributed by atoms with van der Waals surface area (Å²) in [6.07, 6.45) is 1.70. The Morgan fingerprint density at radius 1 is 1.14 bits per heavy atom. The number of phenolic OH excluding ortho intramolecular Hbond substituents is 1. The predicted octanol–water partition coefficient (Wildman–Crippen LogP) is 2.83. The van der Waals surface area contributed by atoms with Crippen LogP contribution in [-0.4, -0.2) is 47.8 Å². The summed E-state index contributed by atoms with van der Waals surface area (Å²) < 4.78 is 12.7. The molecule has 4 rings (SSSR count). The average Bonchev–Trinajstić information content (AvgIpc) is 3.18. The molecule has 0 saturated heterocycles. The van der Waals surface area contributed by atoms with Gasteiger partial charge in [-0.15, -0.1) is 0 Å². The minimum atomic E-state index is -0.697. The third-order valence-corrected chi connectivity index (χ3v) is 7.22. The summed E-state index contributed by atoms with van der Waals surface area (Å²) in [7, 11) is 3.05. The molecule has 0 saturated carbocycles. The number of nitrogens with zero attached hydrogens (tertiary/aromatic N) is 3. The molecule has 188 valence electrons. The topological polar surface area (TPSA) is 93.4 Å². The van der Waals surface area contributed by atoms with E-state index in [4.69, 9.17) is 9.47 Å². The second-order valence-corrected chi connectivity index (χ2v) is 9.24. The second kappa shape index (κ2) is 10.4. The Kier molecular flexibility index (Phi) is 7.30. The summed E-state index contributed by atoms with van der Waals surface area (Å²) in [6, 6.07) is 11.6. The molecule has 1 aliphatic heterocycles. The van der Waals surface area contributed by atoms with Gasteiger partial charge in [0.1, 0.15) is 11.8 Å². The lowest BCUT2D eigenvalue weighted by molar-refractivity contribution is -0.127. The van der Waals surface area contributed by atoms with E-state index in [1.54, 1.807) is 41.7 Å². The molecule has 36 heavy (non-hydrogen) atoms. The fourth-order valence-electron chi connectivity index (χ4n) is 4.41. The standard InChI is InChI=1S/C27H29N3O5S/c1-6-29(7-2)26(33)23-16(3)28-27-30(24(23)18-10-8-9-11-20(18)34-4)25(32)22(36-27)15-17-12-13-21(35-5)19(31)14-17/h8-15,24,31H,6-7H2,1-5H3/b22-15+/t24-/m0/s1. The maximum absolute atomic E-state index is 13.8. The van der Waals surface area contributed by atoms with E-state index in [1.165, 1.54) is 24.5 Å². The Balaban J connectivity index is 1.97. The van der Waals surface area contributed by atoms with Gasteiger partial charge in [0, 0.05) is 18.7 Å². The second-order valence-electron chi connectivity index (χ2n) is 8.23. The molecule has 1 atom stereocenters. The molecule has 1 amide bonds. The lowest BCUT2D eigenvalue weighted by Gasteiger charge is -2.29. The van der Waals surface area contributed by atoms with Crippen LogP contribution in [-0.2, 0) is 4.79 Å². The predicted molar refractivity (Wildman–Crippen MR) is 139 cm³/mol. The number of methoxy groups -OCH3 is 2. The zero-order valence-electron chi connectivity index (χ0n) is 20.9. The van der Waals surface area contributed by atoms with E-state index in [0.717, 1.165) is 0 Å². The van der Waals surface area contributed by atoms with Crippen LogP contribution in [0.1, 0.15) is 37.9 Å². The van der Waals surface area contributed by atoms with Gasteiger partial charge in [0.15, 0.2) is 16.3 Å². The number of hydrogen-bond donors (Lipinski definition) is 1. The molecule has 0 aliphatic carbocycles. The van der Waals surface area contributed by atoms with Crippen molar-refractivity contribution in [1.29, 1.82) is 0 Å². The molecule has 1 N–H and O–H groups in total. The minimum Gasteiger partial charge on any atom is -0.504 e. The maximum Gasteiger partial charge on any atom is 0.271 e. The number of allylic oxidation sites excluding steroid dienone is 1. The van der Waals surface area contributed by atoms with Crippen LogP contribution in [0.3, 0.4) is 0 Å². The van der Waals surface area contributed by atoms with Crippen molar-refractivity contribution in [2.45, 2.75) is 26.8 Å². The van der Waals surface area contributed by atoms with Crippen molar-refractivity contribution in [3.63, 3.8) is 0 Å². The third-order valence-electron chi connectivity index (χ3n) is 6.24. The molecular formula is C27H29N3O5S. The Morgan fingerprint density at radius 3 is 2.47 bits per heavy atom. The first-order chi connectivity index (χ1) is 17.3. The summed E-state index contributed by atoms with van der Waals surface area (Å²) in [5.74, 6) is 0.747. The molecular weight excluding hydrogens is 478 g/mol. The van der Waals surface area contributed by atoms with E-state index < -0.39 is 6.04 Å². The molecule has 2 heterocycles. The van der Waals surface area contributed by atoms with Crippen LogP contribution in [0.25, 0.3) is 6.08 Å². The molecule has 0 bridgehead atoms. The van der Waals surface area contributed by atoms with E-state index in [1.807, 2.05) is 38.1 Å². The number of fused-ring (bicyclic) bond motifs is 1. The van der Waals surface area contributed by atoms with Crippen LogP contribution >= 0.6 is 11.3 Å². The van der Waals surface area contributed by atoms with E-state index in [0.29, 0.717) is 56.3 Å². The number of rotatable bonds is 7. The molecule has 2 aromatic carbocycles. The molecule has 0 spiro atoms. The van der Waals surface area contributed by atoms with Gasteiger partial charge in [0.25, 0.3) is 11.5 Å². The number of aromatic hydroxyl groups is 1. The van der Waals surface area contributed by atoms with E-state index in [9.17, 15) is 14.7 Å². The van der Waals surface area contributed by atoms with E-state index in [-0.39, 0.29) is 17.2 Å². The summed E-state index contributed by atoms with van der Waals surface area (Å²) >= 11 is 1.24. The maximum atomic E-state index is 13.8. The molecule has 0 unspecified atom stereocenters. The Labute approximate surface area is 213 Å². The molecule has 8 nitrogen and oxygen atoms in total. The highest BCUT2D eigenvalue weighted by Gasteiger charge is 2.35. The number of carbonyl (C=O) groups is 1. The normalized spacial score (nSPS) is 15.4. The number of ether oxygens (including phenoxy) is 2. The number of hydrogen-bond acceptors (Lipinski definition) is 7. The van der Waals surface area contributed by atoms with Crippen molar-refractivity contribution in [3.8, 4) is 17.2 Å². The van der Waals surface area contributed by atoms with Gasteiger partial charge in [-0.1, -0.05) is 35.6 Å². The van der Waals surface area contributed by atoms with Gasteiger partial charge in [-0.2, -0.15) is 0 Å². The van der Waals surface area contributed by atoms with Crippen LogP contribution in [0.2, 0.25) is 0 Å². The Hall–Kier alpha value is -3.85. The van der Waals surface area contributed by atoms with E-state index in [2.05, 4.69) is 4.99 Å². The van der Waals surface area contributed by atoms with Crippen molar-refractivity contribution < 1.29 is 19.4 Å². The molecule has 9 heteroatoms.